The Morgan fingerprint density at radius 3 is 2.35 bits per heavy atom. The Labute approximate surface area is 133 Å². The van der Waals surface area contributed by atoms with Gasteiger partial charge in [0, 0.05) is 16.6 Å². The minimum Gasteiger partial charge on any atom is -0.310 e. The van der Waals surface area contributed by atoms with Gasteiger partial charge in [0.15, 0.2) is 0 Å². The number of hydrogen-bond acceptors (Lipinski definition) is 2. The summed E-state index contributed by atoms with van der Waals surface area (Å²) in [5.41, 5.74) is 1.37. The van der Waals surface area contributed by atoms with E-state index in [1.807, 2.05) is 0 Å². The Hall–Kier alpha value is -0.380. The van der Waals surface area contributed by atoms with Gasteiger partial charge in [-0.1, -0.05) is 54.9 Å². The molecule has 0 saturated carbocycles. The lowest BCUT2D eigenvalue weighted by atomic mass is 10.0. The van der Waals surface area contributed by atoms with Crippen LogP contribution in [0.4, 0.5) is 0 Å². The molecule has 114 valence electrons. The largest absolute Gasteiger partial charge is 0.310 e. The molecule has 2 nitrogen and oxygen atoms in total. The highest BCUT2D eigenvalue weighted by atomic mass is 79.9. The van der Waals surface area contributed by atoms with Crippen molar-refractivity contribution in [3.05, 3.63) is 34.3 Å². The Bertz CT molecular complexity index is 377. The lowest BCUT2D eigenvalue weighted by Gasteiger charge is -2.28. The van der Waals surface area contributed by atoms with Crippen molar-refractivity contribution < 1.29 is 0 Å². The van der Waals surface area contributed by atoms with E-state index in [1.54, 1.807) is 0 Å². The van der Waals surface area contributed by atoms with Gasteiger partial charge in [-0.15, -0.1) is 0 Å². The van der Waals surface area contributed by atoms with Crippen LogP contribution in [0.15, 0.2) is 28.7 Å². The van der Waals surface area contributed by atoms with Crippen LogP contribution < -0.4 is 5.32 Å². The van der Waals surface area contributed by atoms with Gasteiger partial charge >= 0.3 is 0 Å². The van der Waals surface area contributed by atoms with Crippen molar-refractivity contribution in [2.75, 3.05) is 20.1 Å². The molecule has 1 atom stereocenters. The van der Waals surface area contributed by atoms with E-state index >= 15 is 0 Å². The smallest absolute Gasteiger partial charge is 0.0343 e. The summed E-state index contributed by atoms with van der Waals surface area (Å²) in [6, 6.07) is 9.67. The molecular formula is C17H29BrN2. The third-order valence-electron chi connectivity index (χ3n) is 4.07. The van der Waals surface area contributed by atoms with Crippen LogP contribution in [-0.4, -0.2) is 31.1 Å². The predicted molar refractivity (Wildman–Crippen MR) is 92.2 cm³/mol. The third kappa shape index (κ3) is 5.19. The van der Waals surface area contributed by atoms with E-state index in [0.717, 1.165) is 19.5 Å². The first-order valence-electron chi connectivity index (χ1n) is 7.81. The minimum absolute atomic E-state index is 0.424. The van der Waals surface area contributed by atoms with E-state index in [-0.39, 0.29) is 0 Å². The summed E-state index contributed by atoms with van der Waals surface area (Å²) in [4.78, 5) is 2.50. The standard InChI is InChI=1S/C17H29BrN2/c1-5-14(6-2)20(4)13-12-17(19-7-3)15-10-8-9-11-16(15)18/h8-11,14,17,19H,5-7,12-13H2,1-4H3. The fourth-order valence-electron chi connectivity index (χ4n) is 2.80. The molecule has 1 N–H and O–H groups in total. The maximum atomic E-state index is 3.68. The van der Waals surface area contributed by atoms with Crippen LogP contribution in [0.1, 0.15) is 51.6 Å². The second-order valence-corrected chi connectivity index (χ2v) is 6.23. The summed E-state index contributed by atoms with van der Waals surface area (Å²) in [6.07, 6.45) is 3.60. The molecule has 0 aromatic heterocycles. The van der Waals surface area contributed by atoms with Crippen LogP contribution in [0, 0.1) is 0 Å². The first kappa shape index (κ1) is 17.7. The van der Waals surface area contributed by atoms with Gasteiger partial charge in [0.2, 0.25) is 0 Å². The van der Waals surface area contributed by atoms with Crippen molar-refractivity contribution >= 4 is 15.9 Å². The van der Waals surface area contributed by atoms with E-state index < -0.39 is 0 Å². The number of benzene rings is 1. The van der Waals surface area contributed by atoms with Crippen LogP contribution in [0.5, 0.6) is 0 Å². The maximum Gasteiger partial charge on any atom is 0.0343 e. The summed E-state index contributed by atoms with van der Waals surface area (Å²) < 4.78 is 1.20. The van der Waals surface area contributed by atoms with Crippen LogP contribution in [-0.2, 0) is 0 Å². The van der Waals surface area contributed by atoms with Crippen LogP contribution in [0.25, 0.3) is 0 Å². The summed E-state index contributed by atoms with van der Waals surface area (Å²) in [5.74, 6) is 0. The molecule has 0 aliphatic heterocycles. The molecule has 0 fully saturated rings. The molecular weight excluding hydrogens is 312 g/mol. The topological polar surface area (TPSA) is 15.3 Å². The van der Waals surface area contributed by atoms with E-state index in [0.29, 0.717) is 12.1 Å². The molecule has 1 aromatic rings. The highest BCUT2D eigenvalue weighted by Gasteiger charge is 2.16. The van der Waals surface area contributed by atoms with Crippen LogP contribution in [0.2, 0.25) is 0 Å². The number of hydrogen-bond donors (Lipinski definition) is 1. The molecule has 0 spiro atoms. The molecule has 0 saturated heterocycles. The second kappa shape index (κ2) is 9.54. The van der Waals surface area contributed by atoms with Gasteiger partial charge in [-0.25, -0.2) is 0 Å². The zero-order chi connectivity index (χ0) is 15.0. The Kier molecular flexibility index (Phi) is 8.43. The van der Waals surface area contributed by atoms with E-state index in [1.165, 1.54) is 22.9 Å². The molecule has 0 radical (unpaired) electrons. The average molecular weight is 341 g/mol. The summed E-state index contributed by atoms with van der Waals surface area (Å²) in [6.45, 7) is 8.86. The summed E-state index contributed by atoms with van der Waals surface area (Å²) in [7, 11) is 2.25. The SMILES string of the molecule is CCNC(CCN(C)C(CC)CC)c1ccccc1Br. The van der Waals surface area contributed by atoms with E-state index in [9.17, 15) is 0 Å². The molecule has 1 aromatic carbocycles. The lowest BCUT2D eigenvalue weighted by Crippen LogP contribution is -2.34. The molecule has 0 amide bonds. The zero-order valence-electron chi connectivity index (χ0n) is 13.3. The average Bonchev–Trinajstić information content (AvgIpc) is 2.45. The van der Waals surface area contributed by atoms with Gasteiger partial charge < -0.3 is 10.2 Å². The fraction of sp³-hybridized carbons (Fsp3) is 0.647. The highest BCUT2D eigenvalue weighted by Crippen LogP contribution is 2.25. The Balaban J connectivity index is 2.67. The van der Waals surface area contributed by atoms with E-state index in [2.05, 4.69) is 78.2 Å². The lowest BCUT2D eigenvalue weighted by molar-refractivity contribution is 0.218. The molecule has 0 aliphatic rings. The molecule has 20 heavy (non-hydrogen) atoms. The number of halogens is 1. The zero-order valence-corrected chi connectivity index (χ0v) is 14.9. The highest BCUT2D eigenvalue weighted by molar-refractivity contribution is 9.10. The van der Waals surface area contributed by atoms with Crippen molar-refractivity contribution in [2.45, 2.75) is 52.1 Å². The normalized spacial score (nSPS) is 13.2. The first-order chi connectivity index (χ1) is 9.63. The molecule has 0 aliphatic carbocycles. The number of rotatable bonds is 9. The van der Waals surface area contributed by atoms with Crippen LogP contribution in [0.3, 0.4) is 0 Å². The van der Waals surface area contributed by atoms with Gasteiger partial charge in [0.25, 0.3) is 0 Å². The van der Waals surface area contributed by atoms with Gasteiger partial charge in [-0.3, -0.25) is 0 Å². The third-order valence-corrected chi connectivity index (χ3v) is 4.79. The van der Waals surface area contributed by atoms with Gasteiger partial charge in [-0.2, -0.15) is 0 Å². The van der Waals surface area contributed by atoms with Gasteiger partial charge in [0.05, 0.1) is 0 Å². The fourth-order valence-corrected chi connectivity index (χ4v) is 3.36. The number of nitrogens with one attached hydrogen (secondary N) is 1. The van der Waals surface area contributed by atoms with Crippen molar-refractivity contribution in [2.24, 2.45) is 0 Å². The molecule has 1 unspecified atom stereocenters. The number of nitrogens with zero attached hydrogens (tertiary/aromatic N) is 1. The van der Waals surface area contributed by atoms with Crippen LogP contribution >= 0.6 is 15.9 Å². The second-order valence-electron chi connectivity index (χ2n) is 5.37. The predicted octanol–water partition coefficient (Wildman–Crippen LogP) is 4.61. The van der Waals surface area contributed by atoms with Crippen molar-refractivity contribution in [3.8, 4) is 0 Å². The van der Waals surface area contributed by atoms with E-state index in [4.69, 9.17) is 0 Å². The molecule has 1 rings (SSSR count). The van der Waals surface area contributed by atoms with Gasteiger partial charge in [-0.05, 0) is 51.0 Å². The van der Waals surface area contributed by atoms with Crippen molar-refractivity contribution in [1.82, 2.24) is 10.2 Å². The Morgan fingerprint density at radius 2 is 1.80 bits per heavy atom. The quantitative estimate of drug-likeness (QED) is 0.706. The summed E-state index contributed by atoms with van der Waals surface area (Å²) in [5, 5.41) is 3.61. The molecule has 0 heterocycles. The Morgan fingerprint density at radius 1 is 1.15 bits per heavy atom. The maximum absolute atomic E-state index is 3.68. The summed E-state index contributed by atoms with van der Waals surface area (Å²) >= 11 is 3.68. The minimum atomic E-state index is 0.424. The van der Waals surface area contributed by atoms with Crippen molar-refractivity contribution in [1.29, 1.82) is 0 Å². The monoisotopic (exact) mass is 340 g/mol. The first-order valence-corrected chi connectivity index (χ1v) is 8.61. The molecule has 0 bridgehead atoms. The molecule has 3 heteroatoms. The van der Waals surface area contributed by atoms with Gasteiger partial charge in [0.1, 0.15) is 0 Å². The van der Waals surface area contributed by atoms with Crippen molar-refractivity contribution in [3.63, 3.8) is 0 Å².